The van der Waals surface area contributed by atoms with Gasteiger partial charge in [0.05, 0.1) is 11.7 Å². The van der Waals surface area contributed by atoms with E-state index in [1.165, 1.54) is 43.3 Å². The number of alkyl halides is 1. The van der Waals surface area contributed by atoms with Crippen LogP contribution in [0, 0.1) is 23.2 Å². The standard InChI is InChI=1S/C27H43FO2/c1-18-8-12-22(29)17-21(18)11-10-20-7-6-16-27(5)23(13-14-24(20)27)19(2)9-15-25(28)26(3,4)30/h10-11,19,22-25,29-30H,1,6-9,12-17H2,2-5H3/b20-10+,21-11+/t19-,22+,23-,24+,25?,27-/m1/s1. The maximum atomic E-state index is 14.3. The number of hydrogen-bond acceptors (Lipinski definition) is 2. The lowest BCUT2D eigenvalue weighted by Gasteiger charge is -2.44. The number of aliphatic hydroxyl groups is 2. The molecule has 3 aliphatic rings. The highest BCUT2D eigenvalue weighted by Gasteiger charge is 2.50. The van der Waals surface area contributed by atoms with Gasteiger partial charge >= 0.3 is 0 Å². The summed E-state index contributed by atoms with van der Waals surface area (Å²) in [5.41, 5.74) is 3.02. The fourth-order valence-electron chi connectivity index (χ4n) is 6.57. The van der Waals surface area contributed by atoms with Gasteiger partial charge in [-0.2, -0.15) is 0 Å². The van der Waals surface area contributed by atoms with Crippen LogP contribution in [0.25, 0.3) is 0 Å². The van der Waals surface area contributed by atoms with Crippen LogP contribution in [-0.4, -0.2) is 28.1 Å². The Labute approximate surface area is 183 Å². The Bertz CT molecular complexity index is 685. The molecule has 0 aromatic heterocycles. The minimum Gasteiger partial charge on any atom is -0.393 e. The number of hydrogen-bond donors (Lipinski definition) is 2. The van der Waals surface area contributed by atoms with Gasteiger partial charge in [0.25, 0.3) is 0 Å². The van der Waals surface area contributed by atoms with E-state index in [1.807, 2.05) is 0 Å². The molecule has 2 nitrogen and oxygen atoms in total. The largest absolute Gasteiger partial charge is 0.393 e. The topological polar surface area (TPSA) is 40.5 Å². The smallest absolute Gasteiger partial charge is 0.128 e. The zero-order chi connectivity index (χ0) is 22.1. The van der Waals surface area contributed by atoms with Crippen LogP contribution in [0.3, 0.4) is 0 Å². The molecule has 30 heavy (non-hydrogen) atoms. The average molecular weight is 419 g/mol. The maximum absolute atomic E-state index is 14.3. The second-order valence-electron chi connectivity index (χ2n) is 11.2. The van der Waals surface area contributed by atoms with Crippen LogP contribution in [0.2, 0.25) is 0 Å². The third-order valence-electron chi connectivity index (χ3n) is 8.55. The minimum atomic E-state index is -1.24. The Morgan fingerprint density at radius 1 is 1.20 bits per heavy atom. The molecular formula is C27H43FO2. The van der Waals surface area contributed by atoms with Gasteiger partial charge < -0.3 is 10.2 Å². The zero-order valence-corrected chi connectivity index (χ0v) is 19.6. The molecule has 3 fully saturated rings. The number of halogens is 1. The molecule has 0 saturated heterocycles. The van der Waals surface area contributed by atoms with Gasteiger partial charge in [0.15, 0.2) is 0 Å². The van der Waals surface area contributed by atoms with Crippen LogP contribution in [0.5, 0.6) is 0 Å². The molecule has 0 aliphatic heterocycles. The Balaban J connectivity index is 1.69. The lowest BCUT2D eigenvalue weighted by Crippen LogP contribution is -2.37. The van der Waals surface area contributed by atoms with Gasteiger partial charge in [-0.05, 0) is 107 Å². The van der Waals surface area contributed by atoms with Crippen molar-refractivity contribution < 1.29 is 14.6 Å². The first-order valence-electron chi connectivity index (χ1n) is 12.1. The maximum Gasteiger partial charge on any atom is 0.128 e. The van der Waals surface area contributed by atoms with Gasteiger partial charge in [-0.3, -0.25) is 0 Å². The summed E-state index contributed by atoms with van der Waals surface area (Å²) in [6.07, 6.45) is 13.1. The molecule has 0 radical (unpaired) electrons. The van der Waals surface area contributed by atoms with Crippen molar-refractivity contribution in [3.63, 3.8) is 0 Å². The third kappa shape index (κ3) is 5.10. The average Bonchev–Trinajstić information content (AvgIpc) is 3.03. The second kappa shape index (κ2) is 9.28. The van der Waals surface area contributed by atoms with Gasteiger partial charge in [-0.15, -0.1) is 0 Å². The molecule has 0 spiro atoms. The molecule has 3 rings (SSSR count). The van der Waals surface area contributed by atoms with Gasteiger partial charge in [0, 0.05) is 0 Å². The predicted octanol–water partition coefficient (Wildman–Crippen LogP) is 6.68. The van der Waals surface area contributed by atoms with Gasteiger partial charge in [0.2, 0.25) is 0 Å². The molecule has 3 saturated carbocycles. The molecular weight excluding hydrogens is 375 g/mol. The van der Waals surface area contributed by atoms with Crippen LogP contribution in [-0.2, 0) is 0 Å². The van der Waals surface area contributed by atoms with Crippen LogP contribution in [0.4, 0.5) is 4.39 Å². The number of aliphatic hydroxyl groups excluding tert-OH is 1. The molecule has 0 bridgehead atoms. The summed E-state index contributed by atoms with van der Waals surface area (Å²) in [5, 5.41) is 19.9. The van der Waals surface area contributed by atoms with E-state index in [-0.39, 0.29) is 6.10 Å². The summed E-state index contributed by atoms with van der Waals surface area (Å²) in [6.45, 7) is 12.1. The van der Waals surface area contributed by atoms with Crippen molar-refractivity contribution in [3.8, 4) is 0 Å². The Kier molecular flexibility index (Phi) is 7.34. The van der Waals surface area contributed by atoms with E-state index in [0.29, 0.717) is 29.6 Å². The summed E-state index contributed by atoms with van der Waals surface area (Å²) >= 11 is 0. The van der Waals surface area contributed by atoms with Crippen molar-refractivity contribution in [3.05, 3.63) is 35.5 Å². The minimum absolute atomic E-state index is 0.225. The molecule has 2 N–H and O–H groups in total. The predicted molar refractivity (Wildman–Crippen MR) is 123 cm³/mol. The van der Waals surface area contributed by atoms with Crippen molar-refractivity contribution in [1.82, 2.24) is 0 Å². The molecule has 170 valence electrons. The summed E-state index contributed by atoms with van der Waals surface area (Å²) in [6, 6.07) is 0. The molecule has 3 heteroatoms. The Morgan fingerprint density at radius 3 is 2.63 bits per heavy atom. The van der Waals surface area contributed by atoms with Crippen LogP contribution in [0.1, 0.15) is 91.9 Å². The van der Waals surface area contributed by atoms with Crippen LogP contribution >= 0.6 is 0 Å². The van der Waals surface area contributed by atoms with E-state index in [4.69, 9.17) is 0 Å². The van der Waals surface area contributed by atoms with Crippen molar-refractivity contribution in [1.29, 1.82) is 0 Å². The number of rotatable bonds is 6. The summed E-state index contributed by atoms with van der Waals surface area (Å²) in [7, 11) is 0. The molecule has 0 amide bonds. The van der Waals surface area contributed by atoms with E-state index < -0.39 is 11.8 Å². The highest BCUT2D eigenvalue weighted by atomic mass is 19.1. The van der Waals surface area contributed by atoms with E-state index in [0.717, 1.165) is 25.7 Å². The molecule has 6 atom stereocenters. The highest BCUT2D eigenvalue weighted by Crippen LogP contribution is 2.60. The Morgan fingerprint density at radius 2 is 1.93 bits per heavy atom. The summed E-state index contributed by atoms with van der Waals surface area (Å²) in [5.74, 6) is 1.72. The lowest BCUT2D eigenvalue weighted by atomic mass is 9.60. The van der Waals surface area contributed by atoms with Gasteiger partial charge in [0.1, 0.15) is 6.17 Å². The third-order valence-corrected chi connectivity index (χ3v) is 8.55. The number of fused-ring (bicyclic) bond motifs is 1. The van der Waals surface area contributed by atoms with Crippen molar-refractivity contribution in [2.24, 2.45) is 23.2 Å². The van der Waals surface area contributed by atoms with Crippen molar-refractivity contribution in [2.45, 2.75) is 110 Å². The first-order valence-corrected chi connectivity index (χ1v) is 12.1. The lowest BCUT2D eigenvalue weighted by molar-refractivity contribution is -0.0119. The molecule has 0 aromatic carbocycles. The molecule has 3 aliphatic carbocycles. The Hall–Kier alpha value is -0.930. The zero-order valence-electron chi connectivity index (χ0n) is 19.6. The van der Waals surface area contributed by atoms with Crippen molar-refractivity contribution >= 4 is 0 Å². The van der Waals surface area contributed by atoms with Crippen molar-refractivity contribution in [2.75, 3.05) is 0 Å². The van der Waals surface area contributed by atoms with Gasteiger partial charge in [-0.25, -0.2) is 4.39 Å². The van der Waals surface area contributed by atoms with E-state index in [9.17, 15) is 14.6 Å². The second-order valence-corrected chi connectivity index (χ2v) is 11.2. The van der Waals surface area contributed by atoms with E-state index in [2.05, 4.69) is 32.6 Å². The molecule has 1 unspecified atom stereocenters. The van der Waals surface area contributed by atoms with Crippen LogP contribution in [0.15, 0.2) is 35.5 Å². The fraction of sp³-hybridized carbons (Fsp3) is 0.778. The normalized spacial score (nSPS) is 37.4. The number of allylic oxidation sites excluding steroid dienone is 4. The fourth-order valence-corrected chi connectivity index (χ4v) is 6.57. The highest BCUT2D eigenvalue weighted by molar-refractivity contribution is 5.36. The summed E-state index contributed by atoms with van der Waals surface area (Å²) in [4.78, 5) is 0. The van der Waals surface area contributed by atoms with E-state index in [1.54, 1.807) is 19.4 Å². The summed E-state index contributed by atoms with van der Waals surface area (Å²) < 4.78 is 14.3. The van der Waals surface area contributed by atoms with E-state index >= 15 is 0 Å². The monoisotopic (exact) mass is 418 g/mol. The SMILES string of the molecule is C=C1CC[C@H](O)C/C1=C\C=C1/CCC[C@]2(C)[C@@H]([C@H](C)CCC(F)C(C)(C)O)CC[C@@H]12. The quantitative estimate of drug-likeness (QED) is 0.505. The molecule has 0 heterocycles. The first kappa shape index (κ1) is 23.7. The molecule has 0 aromatic rings. The first-order chi connectivity index (χ1) is 14.0. The van der Waals surface area contributed by atoms with Gasteiger partial charge in [-0.1, -0.05) is 43.7 Å². The van der Waals surface area contributed by atoms with Crippen LogP contribution < -0.4 is 0 Å².